The van der Waals surface area contributed by atoms with Crippen molar-refractivity contribution in [1.29, 1.82) is 0 Å². The summed E-state index contributed by atoms with van der Waals surface area (Å²) in [6.07, 6.45) is 1.90. The molecule has 0 aromatic heterocycles. The highest BCUT2D eigenvalue weighted by Crippen LogP contribution is 2.40. The Labute approximate surface area is 158 Å². The molecule has 0 spiro atoms. The number of ether oxygens (including phenoxy) is 2. The number of hydrogen-bond donors (Lipinski definition) is 2. The smallest absolute Gasteiger partial charge is 0.191 e. The lowest BCUT2D eigenvalue weighted by Crippen LogP contribution is -2.48. The van der Waals surface area contributed by atoms with Gasteiger partial charge in [0.1, 0.15) is 5.75 Å². The van der Waals surface area contributed by atoms with Crippen molar-refractivity contribution in [1.82, 2.24) is 10.6 Å². The molecule has 5 nitrogen and oxygen atoms in total. The summed E-state index contributed by atoms with van der Waals surface area (Å²) in [4.78, 5) is 4.96. The van der Waals surface area contributed by atoms with Gasteiger partial charge in [-0.2, -0.15) is 0 Å². The van der Waals surface area contributed by atoms with Gasteiger partial charge in [-0.3, -0.25) is 4.99 Å². The van der Waals surface area contributed by atoms with Gasteiger partial charge in [0, 0.05) is 36.3 Å². The SMILES string of the molecule is CCNC(=NCC1(c2cc(C)ccc2OC)CCOCC1)NC(C)(C)C. The van der Waals surface area contributed by atoms with Crippen LogP contribution in [0.1, 0.15) is 51.7 Å². The maximum Gasteiger partial charge on any atom is 0.191 e. The lowest BCUT2D eigenvalue weighted by atomic mass is 9.73. The molecule has 1 aliphatic heterocycles. The predicted molar refractivity (Wildman–Crippen MR) is 108 cm³/mol. The minimum atomic E-state index is -0.0597. The van der Waals surface area contributed by atoms with Crippen molar-refractivity contribution >= 4 is 5.96 Å². The summed E-state index contributed by atoms with van der Waals surface area (Å²) in [5.41, 5.74) is 2.40. The number of benzene rings is 1. The zero-order valence-electron chi connectivity index (χ0n) is 17.2. The third kappa shape index (κ3) is 5.37. The number of methoxy groups -OCH3 is 1. The first kappa shape index (κ1) is 20.6. The zero-order chi connectivity index (χ0) is 19.2. The topological polar surface area (TPSA) is 54.9 Å². The fourth-order valence-corrected chi connectivity index (χ4v) is 3.40. The van der Waals surface area contributed by atoms with Gasteiger partial charge in [-0.15, -0.1) is 0 Å². The van der Waals surface area contributed by atoms with Crippen LogP contribution < -0.4 is 15.4 Å². The van der Waals surface area contributed by atoms with Crippen LogP contribution in [0.25, 0.3) is 0 Å². The minimum Gasteiger partial charge on any atom is -0.496 e. The van der Waals surface area contributed by atoms with E-state index in [9.17, 15) is 0 Å². The van der Waals surface area contributed by atoms with Gasteiger partial charge < -0.3 is 20.1 Å². The minimum absolute atomic E-state index is 0.0368. The Kier molecular flexibility index (Phi) is 6.93. The fraction of sp³-hybridized carbons (Fsp3) is 0.667. The highest BCUT2D eigenvalue weighted by Gasteiger charge is 2.37. The summed E-state index contributed by atoms with van der Waals surface area (Å²) in [5.74, 6) is 1.80. The van der Waals surface area contributed by atoms with Gasteiger partial charge >= 0.3 is 0 Å². The van der Waals surface area contributed by atoms with Crippen LogP contribution in [0.15, 0.2) is 23.2 Å². The highest BCUT2D eigenvalue weighted by atomic mass is 16.5. The van der Waals surface area contributed by atoms with Crippen LogP contribution in [-0.4, -0.2) is 44.9 Å². The van der Waals surface area contributed by atoms with Crippen LogP contribution in [0.2, 0.25) is 0 Å². The van der Waals surface area contributed by atoms with Crippen molar-refractivity contribution in [2.45, 2.75) is 58.4 Å². The van der Waals surface area contributed by atoms with E-state index in [-0.39, 0.29) is 11.0 Å². The van der Waals surface area contributed by atoms with E-state index in [1.54, 1.807) is 7.11 Å². The average Bonchev–Trinajstić information content (AvgIpc) is 2.59. The molecule has 2 rings (SSSR count). The molecule has 0 aliphatic carbocycles. The maximum atomic E-state index is 5.69. The first-order chi connectivity index (χ1) is 12.3. The summed E-state index contributed by atoms with van der Waals surface area (Å²) in [5, 5.41) is 6.85. The lowest BCUT2D eigenvalue weighted by molar-refractivity contribution is 0.0522. The van der Waals surface area contributed by atoms with E-state index in [0.717, 1.165) is 44.3 Å². The molecule has 1 aromatic carbocycles. The Balaban J connectivity index is 2.37. The number of guanidine groups is 1. The third-order valence-electron chi connectivity index (χ3n) is 4.75. The molecule has 1 fully saturated rings. The van der Waals surface area contributed by atoms with Gasteiger partial charge in [0.15, 0.2) is 5.96 Å². The van der Waals surface area contributed by atoms with Crippen LogP contribution in [0.4, 0.5) is 0 Å². The Bertz CT molecular complexity index is 614. The number of rotatable bonds is 5. The molecule has 1 aliphatic rings. The molecule has 5 heteroatoms. The first-order valence-electron chi connectivity index (χ1n) is 9.59. The second kappa shape index (κ2) is 8.76. The fourth-order valence-electron chi connectivity index (χ4n) is 3.40. The van der Waals surface area contributed by atoms with Gasteiger partial charge in [-0.05, 0) is 53.5 Å². The van der Waals surface area contributed by atoms with E-state index in [0.29, 0.717) is 6.54 Å². The van der Waals surface area contributed by atoms with E-state index in [1.807, 2.05) is 0 Å². The molecule has 1 heterocycles. The Morgan fingerprint density at radius 1 is 1.27 bits per heavy atom. The predicted octanol–water partition coefficient (Wildman–Crippen LogP) is 3.41. The summed E-state index contributed by atoms with van der Waals surface area (Å²) in [6.45, 7) is 13.7. The zero-order valence-corrected chi connectivity index (χ0v) is 17.2. The Hall–Kier alpha value is -1.75. The highest BCUT2D eigenvalue weighted by molar-refractivity contribution is 5.80. The molecule has 0 saturated carbocycles. The first-order valence-corrected chi connectivity index (χ1v) is 9.59. The van der Waals surface area contributed by atoms with Crippen molar-refractivity contribution in [3.8, 4) is 5.75 Å². The van der Waals surface area contributed by atoms with Gasteiger partial charge in [-0.1, -0.05) is 17.7 Å². The number of hydrogen-bond acceptors (Lipinski definition) is 3. The molecular weight excluding hydrogens is 326 g/mol. The maximum absolute atomic E-state index is 5.69. The molecule has 0 radical (unpaired) electrons. The lowest BCUT2D eigenvalue weighted by Gasteiger charge is -2.38. The van der Waals surface area contributed by atoms with Crippen molar-refractivity contribution in [2.75, 3.05) is 33.4 Å². The van der Waals surface area contributed by atoms with Gasteiger partial charge in [0.25, 0.3) is 0 Å². The van der Waals surface area contributed by atoms with Crippen molar-refractivity contribution in [3.63, 3.8) is 0 Å². The van der Waals surface area contributed by atoms with E-state index >= 15 is 0 Å². The second-order valence-electron chi connectivity index (χ2n) is 8.17. The Morgan fingerprint density at radius 3 is 2.54 bits per heavy atom. The molecule has 1 saturated heterocycles. The molecule has 0 atom stereocenters. The normalized spacial score (nSPS) is 17.7. The van der Waals surface area contributed by atoms with Crippen molar-refractivity contribution in [2.24, 2.45) is 4.99 Å². The molecule has 0 bridgehead atoms. The standard InChI is InChI=1S/C21H35N3O2/c1-7-22-19(24-20(3,4)5)23-15-21(10-12-26-13-11-21)17-14-16(2)8-9-18(17)25-6/h8-9,14H,7,10-13,15H2,1-6H3,(H2,22,23,24). The van der Waals surface area contributed by atoms with Crippen LogP contribution in [0.3, 0.4) is 0 Å². The summed E-state index contributed by atoms with van der Waals surface area (Å²) < 4.78 is 11.4. The quantitative estimate of drug-likeness (QED) is 0.623. The molecule has 146 valence electrons. The monoisotopic (exact) mass is 361 g/mol. The van der Waals surface area contributed by atoms with Crippen LogP contribution in [-0.2, 0) is 10.2 Å². The molecule has 0 unspecified atom stereocenters. The number of nitrogens with one attached hydrogen (secondary N) is 2. The average molecular weight is 362 g/mol. The number of nitrogens with zero attached hydrogens (tertiary/aromatic N) is 1. The molecule has 0 amide bonds. The van der Waals surface area contributed by atoms with Crippen molar-refractivity contribution < 1.29 is 9.47 Å². The number of aryl methyl sites for hydroxylation is 1. The van der Waals surface area contributed by atoms with Crippen molar-refractivity contribution in [3.05, 3.63) is 29.3 Å². The van der Waals surface area contributed by atoms with E-state index < -0.39 is 0 Å². The third-order valence-corrected chi connectivity index (χ3v) is 4.75. The van der Waals surface area contributed by atoms with Crippen LogP contribution in [0, 0.1) is 6.92 Å². The molecular formula is C21H35N3O2. The molecule has 26 heavy (non-hydrogen) atoms. The van der Waals surface area contributed by atoms with E-state index in [1.165, 1.54) is 11.1 Å². The largest absolute Gasteiger partial charge is 0.496 e. The summed E-state index contributed by atoms with van der Waals surface area (Å²) in [7, 11) is 1.75. The van der Waals surface area contributed by atoms with E-state index in [4.69, 9.17) is 14.5 Å². The van der Waals surface area contributed by atoms with Gasteiger partial charge in [-0.25, -0.2) is 0 Å². The van der Waals surface area contributed by atoms with E-state index in [2.05, 4.69) is 63.5 Å². The van der Waals surface area contributed by atoms with Gasteiger partial charge in [0.2, 0.25) is 0 Å². The van der Waals surface area contributed by atoms with Gasteiger partial charge in [0.05, 0.1) is 13.7 Å². The van der Waals surface area contributed by atoms with Crippen LogP contribution >= 0.6 is 0 Å². The molecule has 2 N–H and O–H groups in total. The van der Waals surface area contributed by atoms with Crippen LogP contribution in [0.5, 0.6) is 5.75 Å². The number of aliphatic imine (C=N–C) groups is 1. The Morgan fingerprint density at radius 2 is 1.96 bits per heavy atom. The summed E-state index contributed by atoms with van der Waals surface area (Å²) >= 11 is 0. The molecule has 1 aromatic rings. The summed E-state index contributed by atoms with van der Waals surface area (Å²) in [6, 6.07) is 6.43. The second-order valence-corrected chi connectivity index (χ2v) is 8.17.